The fraction of sp³-hybridized carbons (Fsp3) is 0.632. The molecule has 1 atom stereocenters. The van der Waals surface area contributed by atoms with E-state index in [1.165, 1.54) is 0 Å². The van der Waals surface area contributed by atoms with E-state index in [1.807, 2.05) is 24.3 Å². The van der Waals surface area contributed by atoms with Crippen LogP contribution in [-0.4, -0.2) is 54.5 Å². The zero-order chi connectivity index (χ0) is 17.7. The number of halogens is 1. The number of nitrogens with one attached hydrogen (secondary N) is 1. The lowest BCUT2D eigenvalue weighted by Gasteiger charge is -2.39. The first-order valence-electron chi connectivity index (χ1n) is 9.19. The number of amides is 1. The third-order valence-electron chi connectivity index (χ3n) is 5.37. The third kappa shape index (κ3) is 4.74. The van der Waals surface area contributed by atoms with Crippen LogP contribution in [0.15, 0.2) is 28.7 Å². The number of hydrogen-bond acceptors (Lipinski definition) is 4. The normalized spacial score (nSPS) is 21.6. The van der Waals surface area contributed by atoms with Crippen molar-refractivity contribution in [2.24, 2.45) is 0 Å². The van der Waals surface area contributed by atoms with Crippen LogP contribution in [0.5, 0.6) is 0 Å². The van der Waals surface area contributed by atoms with Crippen molar-refractivity contribution in [1.29, 1.82) is 0 Å². The monoisotopic (exact) mass is 410 g/mol. The molecule has 1 saturated carbocycles. The van der Waals surface area contributed by atoms with E-state index >= 15 is 0 Å². The summed E-state index contributed by atoms with van der Waals surface area (Å²) >= 11 is 3.51. The Labute approximate surface area is 157 Å². The number of aliphatic hydroxyl groups is 1. The van der Waals surface area contributed by atoms with E-state index in [1.54, 1.807) is 4.90 Å². The molecule has 5 nitrogen and oxygen atoms in total. The van der Waals surface area contributed by atoms with E-state index in [-0.39, 0.29) is 18.6 Å². The summed E-state index contributed by atoms with van der Waals surface area (Å²) in [4.78, 5) is 14.1. The minimum absolute atomic E-state index is 0.197. The zero-order valence-electron chi connectivity index (χ0n) is 14.5. The predicted molar refractivity (Wildman–Crippen MR) is 101 cm³/mol. The molecule has 2 aliphatic rings. The molecule has 1 saturated heterocycles. The van der Waals surface area contributed by atoms with Gasteiger partial charge in [-0.1, -0.05) is 47.3 Å². The molecule has 0 aromatic heterocycles. The SMILES string of the molecule is O=C(OCC(c1cccc(Br)c1)C1(O)CCCCC1)N1CCNCC1. The summed E-state index contributed by atoms with van der Waals surface area (Å²) in [6.45, 7) is 3.16. The molecule has 1 aromatic rings. The lowest BCUT2D eigenvalue weighted by molar-refractivity contribution is -0.0409. The number of nitrogens with zero attached hydrogens (tertiary/aromatic N) is 1. The lowest BCUT2D eigenvalue weighted by atomic mass is 9.73. The fourth-order valence-electron chi connectivity index (χ4n) is 3.89. The minimum atomic E-state index is -0.803. The molecule has 1 heterocycles. The molecule has 2 N–H and O–H groups in total. The Balaban J connectivity index is 1.73. The van der Waals surface area contributed by atoms with Gasteiger partial charge in [0.25, 0.3) is 0 Å². The maximum Gasteiger partial charge on any atom is 0.409 e. The highest BCUT2D eigenvalue weighted by Crippen LogP contribution is 2.40. The molecule has 138 valence electrons. The molecule has 1 aliphatic heterocycles. The number of rotatable bonds is 4. The van der Waals surface area contributed by atoms with Gasteiger partial charge in [-0.3, -0.25) is 0 Å². The summed E-state index contributed by atoms with van der Waals surface area (Å²) in [6, 6.07) is 7.98. The number of piperazine rings is 1. The van der Waals surface area contributed by atoms with Crippen molar-refractivity contribution in [3.8, 4) is 0 Å². The summed E-state index contributed by atoms with van der Waals surface area (Å²) in [6.07, 6.45) is 4.44. The van der Waals surface area contributed by atoms with Crippen LogP contribution >= 0.6 is 15.9 Å². The fourth-order valence-corrected chi connectivity index (χ4v) is 4.31. The first-order chi connectivity index (χ1) is 12.1. The summed E-state index contributed by atoms with van der Waals surface area (Å²) in [5.74, 6) is -0.197. The van der Waals surface area contributed by atoms with Crippen LogP contribution in [0.2, 0.25) is 0 Å². The van der Waals surface area contributed by atoms with Gasteiger partial charge in [0.1, 0.15) is 6.61 Å². The van der Waals surface area contributed by atoms with Crippen molar-refractivity contribution in [3.05, 3.63) is 34.3 Å². The number of hydrogen-bond donors (Lipinski definition) is 2. The first-order valence-corrected chi connectivity index (χ1v) is 9.98. The van der Waals surface area contributed by atoms with Crippen LogP contribution in [0.25, 0.3) is 0 Å². The highest BCUT2D eigenvalue weighted by atomic mass is 79.9. The molecule has 1 aromatic carbocycles. The van der Waals surface area contributed by atoms with Crippen molar-refractivity contribution in [2.75, 3.05) is 32.8 Å². The standard InChI is InChI=1S/C19H27BrN2O3/c20-16-6-4-5-15(13-16)17(19(24)7-2-1-3-8-19)14-25-18(23)22-11-9-21-10-12-22/h4-6,13,17,21,24H,1-3,7-12,14H2. The molecule has 6 heteroatoms. The highest BCUT2D eigenvalue weighted by Gasteiger charge is 2.39. The van der Waals surface area contributed by atoms with Gasteiger partial charge in [-0.2, -0.15) is 0 Å². The van der Waals surface area contributed by atoms with Crippen LogP contribution < -0.4 is 5.32 Å². The maximum absolute atomic E-state index is 12.4. The second kappa shape index (κ2) is 8.52. The van der Waals surface area contributed by atoms with Gasteiger partial charge in [0, 0.05) is 36.6 Å². The van der Waals surface area contributed by atoms with Crippen molar-refractivity contribution in [3.63, 3.8) is 0 Å². The molecule has 25 heavy (non-hydrogen) atoms. The maximum atomic E-state index is 12.4. The van der Waals surface area contributed by atoms with E-state index < -0.39 is 5.60 Å². The van der Waals surface area contributed by atoms with E-state index in [0.29, 0.717) is 13.1 Å². The largest absolute Gasteiger partial charge is 0.449 e. The topological polar surface area (TPSA) is 61.8 Å². The van der Waals surface area contributed by atoms with Gasteiger partial charge in [-0.05, 0) is 30.5 Å². The quantitative estimate of drug-likeness (QED) is 0.799. The van der Waals surface area contributed by atoms with Gasteiger partial charge in [-0.25, -0.2) is 4.79 Å². The van der Waals surface area contributed by atoms with Crippen LogP contribution in [0, 0.1) is 0 Å². The summed E-state index contributed by atoms with van der Waals surface area (Å²) < 4.78 is 6.62. The smallest absolute Gasteiger partial charge is 0.409 e. The molecule has 1 unspecified atom stereocenters. The van der Waals surface area contributed by atoms with Gasteiger partial charge in [0.15, 0.2) is 0 Å². The Bertz CT molecular complexity index is 584. The van der Waals surface area contributed by atoms with E-state index in [0.717, 1.165) is 55.2 Å². The van der Waals surface area contributed by atoms with Gasteiger partial charge < -0.3 is 20.1 Å². The molecule has 1 aliphatic carbocycles. The van der Waals surface area contributed by atoms with Crippen molar-refractivity contribution >= 4 is 22.0 Å². The Morgan fingerprint density at radius 2 is 2.00 bits per heavy atom. The second-order valence-electron chi connectivity index (χ2n) is 7.09. The third-order valence-corrected chi connectivity index (χ3v) is 5.86. The van der Waals surface area contributed by atoms with E-state index in [4.69, 9.17) is 4.74 Å². The second-order valence-corrected chi connectivity index (χ2v) is 8.00. The van der Waals surface area contributed by atoms with Gasteiger partial charge in [0.2, 0.25) is 0 Å². The van der Waals surface area contributed by atoms with Crippen LogP contribution in [0.3, 0.4) is 0 Å². The molecule has 1 amide bonds. The Morgan fingerprint density at radius 1 is 1.28 bits per heavy atom. The average molecular weight is 411 g/mol. The Hall–Kier alpha value is -1.11. The molecule has 2 fully saturated rings. The zero-order valence-corrected chi connectivity index (χ0v) is 16.1. The molecule has 0 spiro atoms. The first kappa shape index (κ1) is 18.7. The van der Waals surface area contributed by atoms with Crippen LogP contribution in [-0.2, 0) is 4.74 Å². The number of carbonyl (C=O) groups is 1. The van der Waals surface area contributed by atoms with Crippen molar-refractivity contribution in [1.82, 2.24) is 10.2 Å². The van der Waals surface area contributed by atoms with Crippen molar-refractivity contribution in [2.45, 2.75) is 43.6 Å². The van der Waals surface area contributed by atoms with E-state index in [9.17, 15) is 9.90 Å². The van der Waals surface area contributed by atoms with Crippen LogP contribution in [0.4, 0.5) is 4.79 Å². The summed E-state index contributed by atoms with van der Waals surface area (Å²) in [7, 11) is 0. The summed E-state index contributed by atoms with van der Waals surface area (Å²) in [5, 5.41) is 14.5. The minimum Gasteiger partial charge on any atom is -0.449 e. The average Bonchev–Trinajstić information content (AvgIpc) is 2.63. The van der Waals surface area contributed by atoms with E-state index in [2.05, 4.69) is 21.2 Å². The number of carbonyl (C=O) groups excluding carboxylic acids is 1. The lowest BCUT2D eigenvalue weighted by Crippen LogP contribution is -2.47. The van der Waals surface area contributed by atoms with Crippen LogP contribution in [0.1, 0.15) is 43.6 Å². The molecular formula is C19H27BrN2O3. The van der Waals surface area contributed by atoms with Gasteiger partial charge in [-0.15, -0.1) is 0 Å². The van der Waals surface area contributed by atoms with Gasteiger partial charge >= 0.3 is 6.09 Å². The molecule has 0 radical (unpaired) electrons. The molecular weight excluding hydrogens is 384 g/mol. The Kier molecular flexibility index (Phi) is 6.36. The number of ether oxygens (including phenoxy) is 1. The molecule has 0 bridgehead atoms. The predicted octanol–water partition coefficient (Wildman–Crippen LogP) is 3.27. The Morgan fingerprint density at radius 3 is 2.68 bits per heavy atom. The summed E-state index contributed by atoms with van der Waals surface area (Å²) in [5.41, 5.74) is 0.217. The van der Waals surface area contributed by atoms with Gasteiger partial charge in [0.05, 0.1) is 5.60 Å². The molecule has 3 rings (SSSR count). The van der Waals surface area contributed by atoms with Crippen molar-refractivity contribution < 1.29 is 14.6 Å². The number of benzene rings is 1. The highest BCUT2D eigenvalue weighted by molar-refractivity contribution is 9.10.